The van der Waals surface area contributed by atoms with Gasteiger partial charge >= 0.3 is 0 Å². The molecule has 1 atom stereocenters. The summed E-state index contributed by atoms with van der Waals surface area (Å²) in [6, 6.07) is 7.19. The topological polar surface area (TPSA) is 21.3 Å². The van der Waals surface area contributed by atoms with Gasteiger partial charge in [0, 0.05) is 12.6 Å². The Morgan fingerprint density at radius 1 is 1.21 bits per heavy atom. The molecule has 2 nitrogen and oxygen atoms in total. The van der Waals surface area contributed by atoms with Gasteiger partial charge in [-0.05, 0) is 64.3 Å². The third kappa shape index (κ3) is 7.96. The predicted molar refractivity (Wildman–Crippen MR) is 77.9 cm³/mol. The van der Waals surface area contributed by atoms with Crippen molar-refractivity contribution >= 4 is 0 Å². The zero-order chi connectivity index (χ0) is 14.1. The van der Waals surface area contributed by atoms with Crippen molar-refractivity contribution < 1.29 is 9.13 Å². The van der Waals surface area contributed by atoms with Crippen LogP contribution in [0.1, 0.15) is 39.2 Å². The monoisotopic (exact) mass is 267 g/mol. The van der Waals surface area contributed by atoms with E-state index in [0.717, 1.165) is 38.0 Å². The molecule has 0 spiro atoms. The van der Waals surface area contributed by atoms with Crippen LogP contribution in [0, 0.1) is 5.82 Å². The van der Waals surface area contributed by atoms with Gasteiger partial charge in [-0.25, -0.2) is 4.39 Å². The Morgan fingerprint density at radius 3 is 2.68 bits per heavy atom. The first-order valence-electron chi connectivity index (χ1n) is 7.17. The molecule has 1 aromatic carbocycles. The van der Waals surface area contributed by atoms with Crippen molar-refractivity contribution in [3.63, 3.8) is 0 Å². The normalized spacial score (nSPS) is 12.9. The van der Waals surface area contributed by atoms with Gasteiger partial charge in [0.15, 0.2) is 0 Å². The van der Waals surface area contributed by atoms with Crippen LogP contribution >= 0.6 is 0 Å². The Balaban J connectivity index is 2.09. The average molecular weight is 267 g/mol. The van der Waals surface area contributed by atoms with E-state index in [-0.39, 0.29) is 5.82 Å². The van der Waals surface area contributed by atoms with Gasteiger partial charge in [-0.3, -0.25) is 0 Å². The van der Waals surface area contributed by atoms with Crippen LogP contribution in [-0.2, 0) is 11.2 Å². The average Bonchev–Trinajstić information content (AvgIpc) is 2.33. The molecule has 0 aliphatic carbocycles. The van der Waals surface area contributed by atoms with E-state index >= 15 is 0 Å². The SMILES string of the molecule is CC(Cc1cccc(F)c1)NCCCCOC(C)C. The van der Waals surface area contributed by atoms with Crippen LogP contribution in [0.2, 0.25) is 0 Å². The summed E-state index contributed by atoms with van der Waals surface area (Å²) in [5, 5.41) is 3.46. The molecule has 1 N–H and O–H groups in total. The molecule has 0 amide bonds. The summed E-state index contributed by atoms with van der Waals surface area (Å²) >= 11 is 0. The maximum atomic E-state index is 13.0. The van der Waals surface area contributed by atoms with Crippen molar-refractivity contribution in [3.8, 4) is 0 Å². The number of halogens is 1. The molecule has 0 saturated heterocycles. The molecule has 0 fully saturated rings. The quantitative estimate of drug-likeness (QED) is 0.691. The van der Waals surface area contributed by atoms with E-state index in [0.29, 0.717) is 12.1 Å². The highest BCUT2D eigenvalue weighted by Crippen LogP contribution is 2.06. The number of rotatable bonds is 9. The second-order valence-electron chi connectivity index (χ2n) is 5.32. The zero-order valence-corrected chi connectivity index (χ0v) is 12.3. The maximum Gasteiger partial charge on any atom is 0.123 e. The van der Waals surface area contributed by atoms with Gasteiger partial charge in [0.1, 0.15) is 5.82 Å². The first kappa shape index (κ1) is 16.1. The van der Waals surface area contributed by atoms with Crippen LogP contribution in [0.4, 0.5) is 4.39 Å². The third-order valence-corrected chi connectivity index (χ3v) is 2.95. The molecule has 0 bridgehead atoms. The summed E-state index contributed by atoms with van der Waals surface area (Å²) in [6.45, 7) is 8.06. The van der Waals surface area contributed by atoms with E-state index < -0.39 is 0 Å². The van der Waals surface area contributed by atoms with Crippen LogP contribution in [0.25, 0.3) is 0 Å². The lowest BCUT2D eigenvalue weighted by Gasteiger charge is -2.14. The van der Waals surface area contributed by atoms with Crippen molar-refractivity contribution in [2.24, 2.45) is 0 Å². The molecule has 1 aromatic rings. The van der Waals surface area contributed by atoms with Crippen molar-refractivity contribution in [1.82, 2.24) is 5.32 Å². The fourth-order valence-electron chi connectivity index (χ4n) is 1.98. The van der Waals surface area contributed by atoms with Gasteiger partial charge < -0.3 is 10.1 Å². The van der Waals surface area contributed by atoms with Gasteiger partial charge in [0.2, 0.25) is 0 Å². The minimum Gasteiger partial charge on any atom is -0.379 e. The predicted octanol–water partition coefficient (Wildman–Crippen LogP) is 3.55. The standard InChI is InChI=1S/C16H26FNO/c1-13(2)19-10-5-4-9-18-14(3)11-15-7-6-8-16(17)12-15/h6-8,12-14,18H,4-5,9-11H2,1-3H3. The number of nitrogens with one attached hydrogen (secondary N) is 1. The maximum absolute atomic E-state index is 13.0. The number of hydrogen-bond acceptors (Lipinski definition) is 2. The fraction of sp³-hybridized carbons (Fsp3) is 0.625. The highest BCUT2D eigenvalue weighted by Gasteiger charge is 2.03. The number of ether oxygens (including phenoxy) is 1. The summed E-state index contributed by atoms with van der Waals surface area (Å²) in [7, 11) is 0. The molecule has 1 rings (SSSR count). The lowest BCUT2D eigenvalue weighted by Crippen LogP contribution is -2.29. The van der Waals surface area contributed by atoms with Crippen molar-refractivity contribution in [1.29, 1.82) is 0 Å². The zero-order valence-electron chi connectivity index (χ0n) is 12.3. The molecule has 0 aliphatic rings. The third-order valence-electron chi connectivity index (χ3n) is 2.95. The fourth-order valence-corrected chi connectivity index (χ4v) is 1.98. The van der Waals surface area contributed by atoms with Gasteiger partial charge in [0.25, 0.3) is 0 Å². The summed E-state index contributed by atoms with van der Waals surface area (Å²) in [5.41, 5.74) is 1.04. The van der Waals surface area contributed by atoms with Crippen molar-refractivity contribution in [2.75, 3.05) is 13.2 Å². The first-order chi connectivity index (χ1) is 9.08. The first-order valence-corrected chi connectivity index (χ1v) is 7.17. The Bertz CT molecular complexity index is 354. The summed E-state index contributed by atoms with van der Waals surface area (Å²) < 4.78 is 18.5. The molecule has 1 unspecified atom stereocenters. The van der Waals surface area contributed by atoms with Crippen molar-refractivity contribution in [3.05, 3.63) is 35.6 Å². The van der Waals surface area contributed by atoms with E-state index in [4.69, 9.17) is 4.74 Å². The molecule has 0 radical (unpaired) electrons. The number of unbranched alkanes of at least 4 members (excludes halogenated alkanes) is 1. The summed E-state index contributed by atoms with van der Waals surface area (Å²) in [5.74, 6) is -0.157. The Hall–Kier alpha value is -0.930. The summed E-state index contributed by atoms with van der Waals surface area (Å²) in [6.07, 6.45) is 3.37. The highest BCUT2D eigenvalue weighted by molar-refractivity contribution is 5.17. The van der Waals surface area contributed by atoms with E-state index in [9.17, 15) is 4.39 Å². The van der Waals surface area contributed by atoms with Gasteiger partial charge in [-0.2, -0.15) is 0 Å². The van der Waals surface area contributed by atoms with Gasteiger partial charge in [-0.15, -0.1) is 0 Å². The molecule has 108 valence electrons. The lowest BCUT2D eigenvalue weighted by atomic mass is 10.1. The molecule has 0 heterocycles. The van der Waals surface area contributed by atoms with Crippen molar-refractivity contribution in [2.45, 2.75) is 52.2 Å². The van der Waals surface area contributed by atoms with Gasteiger partial charge in [0.05, 0.1) is 6.10 Å². The molecule has 0 aliphatic heterocycles. The molecule has 19 heavy (non-hydrogen) atoms. The molecular formula is C16H26FNO. The van der Waals surface area contributed by atoms with E-state index in [1.165, 1.54) is 6.07 Å². The van der Waals surface area contributed by atoms with E-state index in [1.54, 1.807) is 12.1 Å². The van der Waals surface area contributed by atoms with Crippen LogP contribution in [0.15, 0.2) is 24.3 Å². The van der Waals surface area contributed by atoms with E-state index in [2.05, 4.69) is 26.1 Å². The molecule has 0 aromatic heterocycles. The van der Waals surface area contributed by atoms with Gasteiger partial charge in [-0.1, -0.05) is 12.1 Å². The van der Waals surface area contributed by atoms with Crippen LogP contribution in [-0.4, -0.2) is 25.3 Å². The Kier molecular flexibility index (Phi) is 7.68. The highest BCUT2D eigenvalue weighted by atomic mass is 19.1. The second-order valence-corrected chi connectivity index (χ2v) is 5.32. The largest absolute Gasteiger partial charge is 0.379 e. The van der Waals surface area contributed by atoms with Crippen LogP contribution in [0.5, 0.6) is 0 Å². The minimum atomic E-state index is -0.157. The van der Waals surface area contributed by atoms with E-state index in [1.807, 2.05) is 6.07 Å². The smallest absolute Gasteiger partial charge is 0.123 e. The number of hydrogen-bond donors (Lipinski definition) is 1. The Morgan fingerprint density at radius 2 is 2.00 bits per heavy atom. The number of benzene rings is 1. The minimum absolute atomic E-state index is 0.157. The second kappa shape index (κ2) is 9.05. The Labute approximate surface area is 116 Å². The molecule has 3 heteroatoms. The summed E-state index contributed by atoms with van der Waals surface area (Å²) in [4.78, 5) is 0. The lowest BCUT2D eigenvalue weighted by molar-refractivity contribution is 0.0759. The molecule has 0 saturated carbocycles. The molecular weight excluding hydrogens is 241 g/mol. The van der Waals surface area contributed by atoms with Crippen LogP contribution in [0.3, 0.4) is 0 Å². The van der Waals surface area contributed by atoms with Crippen LogP contribution < -0.4 is 5.32 Å².